The Morgan fingerprint density at radius 1 is 0.191 bits per heavy atom. The van der Waals surface area contributed by atoms with E-state index in [1.54, 1.807) is 0 Å². The minimum atomic E-state index is 0.457. The summed E-state index contributed by atoms with van der Waals surface area (Å²) >= 11 is 0. The molecule has 0 saturated heterocycles. The van der Waals surface area contributed by atoms with Crippen molar-refractivity contribution in [1.29, 1.82) is 0 Å². The van der Waals surface area contributed by atoms with E-state index in [0.29, 0.717) is 95.7 Å². The highest BCUT2D eigenvalue weighted by molar-refractivity contribution is 6.19. The van der Waals surface area contributed by atoms with Gasteiger partial charge in [-0.3, -0.25) is 0 Å². The van der Waals surface area contributed by atoms with E-state index in [2.05, 4.69) is 522 Å². The summed E-state index contributed by atoms with van der Waals surface area (Å²) in [5, 5.41) is 0. The molecule has 8 unspecified atom stereocenters. The maximum atomic E-state index is 2.60. The van der Waals surface area contributed by atoms with Gasteiger partial charge in [0.1, 0.15) is 13.1 Å². The lowest BCUT2D eigenvalue weighted by molar-refractivity contribution is -0.594. The van der Waals surface area contributed by atoms with E-state index in [0.717, 1.165) is 172 Å². The Kier molecular flexibility index (Phi) is 42.7. The van der Waals surface area contributed by atoms with Crippen LogP contribution in [-0.4, -0.2) is 133 Å². The maximum Gasteiger partial charge on any atom is 0.212 e. The van der Waals surface area contributed by atoms with Crippen LogP contribution < -0.4 is 48.4 Å². The van der Waals surface area contributed by atoms with E-state index in [9.17, 15) is 0 Å². The number of allylic oxidation sites excluding steroid dienone is 8. The van der Waals surface area contributed by atoms with Crippen LogP contribution in [0.2, 0.25) is 0 Å². The van der Waals surface area contributed by atoms with Crippen LogP contribution in [0.5, 0.6) is 0 Å². The molecule has 0 N–H and O–H groups in total. The summed E-state index contributed by atoms with van der Waals surface area (Å²) in [6, 6.07) is 77.8. The quantitative estimate of drug-likeness (QED) is 0.0276. The van der Waals surface area contributed by atoms with Crippen LogP contribution in [0.25, 0.3) is 0 Å². The lowest BCUT2D eigenvalue weighted by atomic mass is 10.1. The summed E-state index contributed by atoms with van der Waals surface area (Å²) in [5.41, 5.74) is 23.9. The predicted molar refractivity (Wildman–Crippen MR) is 606 cm³/mol. The fourth-order valence-corrected chi connectivity index (χ4v) is 19.7. The summed E-state index contributed by atoms with van der Waals surface area (Å²) < 4.78 is 10.0. The molecule has 0 aliphatic heterocycles. The van der Waals surface area contributed by atoms with Gasteiger partial charge in [-0.2, -0.15) is 9.15 Å². The molecule has 0 aromatic heterocycles. The zero-order valence-corrected chi connectivity index (χ0v) is 91.0. The first kappa shape index (κ1) is 109. The van der Waals surface area contributed by atoms with Gasteiger partial charge in [-0.25, -0.2) is 9.15 Å². The van der Waals surface area contributed by atoms with Gasteiger partial charge in [0.2, 0.25) is 39.9 Å². The molecule has 12 nitrogen and oxygen atoms in total. The SMILES string of the molecule is CC(C)CN(CC(C)C)c1ccc(N(c2ccc(N(CC(C)C)CC(C)C)cc2)c2ccc([N+](=C3C=CC(=[N+](CC(C)C)CC(C)C)C=C3)c3ccc(N(CC(C)C)CC(C)C)cc3)cc2)cc1.CCC(C)N(c1ccc(N(c2ccc(N(C(C)CC)C(C)CC)cc2)c2ccc([N+](=C3C=CC(=[N+](C(C)CC)C(C)CC)C=C3)c3ccc(N(C(C)CC)C(C)CC)cc3)cc2)cc1)C(C)CC. The summed E-state index contributed by atoms with van der Waals surface area (Å²) in [6.07, 6.45) is 27.4. The van der Waals surface area contributed by atoms with Crippen molar-refractivity contribution in [2.45, 2.75) is 321 Å². The van der Waals surface area contributed by atoms with Gasteiger partial charge in [0.05, 0.1) is 0 Å². The molecule has 136 heavy (non-hydrogen) atoms. The molecule has 0 radical (unpaired) electrons. The molecule has 2 aliphatic carbocycles. The standard InChI is InChI=1S/2C62H92N6/c1-45(2)37-63(38-46(3)4)53-17-25-57(26-18-53)67(58-27-19-54(20-28-58)64(39-47(5)6)40-48(7)8)61-33-35-62(36-34-61)68(59-29-21-55(22-30-59)65(41-49(9)10)42-50(11)12)60-31-23-56(24-32-60)66(43-51(13)14)44-52(15)16;1-17-45(9)63(46(10)18-2)53-25-33-57(34-26-53)67(58-35-27-54(28-36-58)64(47(11)19-3)48(12)20-4)61-41-43-62(44-42-61)68(59-37-29-55(30-38-59)65(49(13)21-5)50(14)22-6)60-39-31-56(32-40-60)66(51(15)23-7)52(16)24-8/h17-36,45-52H,37-44H2,1-16H3;25-52H,17-24H2,1-16H3/q2*+2. The van der Waals surface area contributed by atoms with E-state index in [1.165, 1.54) is 45.5 Å². The van der Waals surface area contributed by atoms with E-state index < -0.39 is 0 Å². The third-order valence-corrected chi connectivity index (χ3v) is 27.5. The van der Waals surface area contributed by atoms with Gasteiger partial charge >= 0.3 is 0 Å². The molecule has 8 atom stereocenters. The molecule has 8 aromatic carbocycles. The van der Waals surface area contributed by atoms with Gasteiger partial charge < -0.3 is 39.2 Å². The molecule has 0 bridgehead atoms. The summed E-state index contributed by atoms with van der Waals surface area (Å²) in [7, 11) is 0. The number of hydrogen-bond acceptors (Lipinski definition) is 8. The molecule has 736 valence electrons. The molecule has 0 amide bonds. The minimum absolute atomic E-state index is 0.457. The number of hydrogen-bond donors (Lipinski definition) is 0. The van der Waals surface area contributed by atoms with E-state index in [-0.39, 0.29) is 0 Å². The largest absolute Gasteiger partial charge is 0.371 e. The Bertz CT molecular complexity index is 4920. The van der Waals surface area contributed by atoms with Crippen LogP contribution in [0.4, 0.5) is 91.0 Å². The Hall–Kier alpha value is -10.2. The van der Waals surface area contributed by atoms with Crippen molar-refractivity contribution in [1.82, 2.24) is 9.15 Å². The van der Waals surface area contributed by atoms with Crippen molar-refractivity contribution < 1.29 is 9.15 Å². The maximum absolute atomic E-state index is 2.60. The van der Waals surface area contributed by atoms with Gasteiger partial charge in [0.25, 0.3) is 0 Å². The molecule has 0 fully saturated rings. The first-order chi connectivity index (χ1) is 65.0. The highest BCUT2D eigenvalue weighted by Crippen LogP contribution is 2.43. The van der Waals surface area contributed by atoms with E-state index in [1.807, 2.05) is 0 Å². The average molecular weight is 1840 g/mol. The fourth-order valence-electron chi connectivity index (χ4n) is 19.7. The third-order valence-electron chi connectivity index (χ3n) is 27.5. The molecule has 12 heteroatoms. The second-order valence-corrected chi connectivity index (χ2v) is 43.0. The lowest BCUT2D eigenvalue weighted by Crippen LogP contribution is -2.39. The summed E-state index contributed by atoms with van der Waals surface area (Å²) in [6.45, 7) is 82.6. The summed E-state index contributed by atoms with van der Waals surface area (Å²) in [4.78, 5) is 20.3. The molecule has 0 saturated carbocycles. The van der Waals surface area contributed by atoms with Crippen LogP contribution in [0.15, 0.2) is 243 Å². The van der Waals surface area contributed by atoms with Gasteiger partial charge in [-0.05, 0) is 275 Å². The lowest BCUT2D eigenvalue weighted by Gasteiger charge is -2.37. The minimum Gasteiger partial charge on any atom is -0.371 e. The number of rotatable bonds is 48. The van der Waals surface area contributed by atoms with Crippen LogP contribution in [0, 0.1) is 47.3 Å². The molecular formula is C124H184N12+4. The van der Waals surface area contributed by atoms with Crippen molar-refractivity contribution in [3.8, 4) is 0 Å². The Morgan fingerprint density at radius 3 is 0.566 bits per heavy atom. The Labute approximate surface area is 829 Å². The highest BCUT2D eigenvalue weighted by atomic mass is 15.2. The second-order valence-electron chi connectivity index (χ2n) is 43.0. The molecule has 0 spiro atoms. The monoisotopic (exact) mass is 1840 g/mol. The molecule has 8 aromatic rings. The number of anilines is 12. The van der Waals surface area contributed by atoms with Gasteiger partial charge in [-0.15, -0.1) is 0 Å². The smallest absolute Gasteiger partial charge is 0.212 e. The highest BCUT2D eigenvalue weighted by Gasteiger charge is 2.32. The zero-order chi connectivity index (χ0) is 99.3. The average Bonchev–Trinajstić information content (AvgIpc) is 0.783. The first-order valence-electron chi connectivity index (χ1n) is 53.3. The normalized spacial score (nSPS) is 14.5. The van der Waals surface area contributed by atoms with Crippen molar-refractivity contribution in [2.75, 3.05) is 91.6 Å². The molecule has 2 aliphatic rings. The topological polar surface area (TPSA) is 38.0 Å². The Morgan fingerprint density at radius 2 is 0.368 bits per heavy atom. The zero-order valence-electron chi connectivity index (χ0n) is 91.0. The Balaban J connectivity index is 0.000000305. The fraction of sp³-hybridized carbons (Fsp3) is 0.516. The van der Waals surface area contributed by atoms with Crippen LogP contribution in [0.3, 0.4) is 0 Å². The van der Waals surface area contributed by atoms with E-state index >= 15 is 0 Å². The van der Waals surface area contributed by atoms with Crippen LogP contribution >= 0.6 is 0 Å². The molecule has 10 rings (SSSR count). The molecular weight excluding hydrogens is 1660 g/mol. The number of benzene rings is 8. The van der Waals surface area contributed by atoms with Crippen molar-refractivity contribution in [2.24, 2.45) is 47.3 Å². The van der Waals surface area contributed by atoms with Gasteiger partial charge in [0.15, 0.2) is 17.8 Å². The van der Waals surface area contributed by atoms with Crippen molar-refractivity contribution in [3.63, 3.8) is 0 Å². The molecule has 0 heterocycles. The van der Waals surface area contributed by atoms with E-state index in [4.69, 9.17) is 0 Å². The third kappa shape index (κ3) is 29.9. The van der Waals surface area contributed by atoms with Gasteiger partial charge in [-0.1, -0.05) is 166 Å². The second kappa shape index (κ2) is 53.1. The first-order valence-corrected chi connectivity index (χ1v) is 53.3. The summed E-state index contributed by atoms with van der Waals surface area (Å²) in [5.74, 6) is 4.65. The number of nitrogens with zero attached hydrogens (tertiary/aromatic N) is 12. The van der Waals surface area contributed by atoms with Crippen molar-refractivity contribution in [3.05, 3.63) is 243 Å². The van der Waals surface area contributed by atoms with Crippen molar-refractivity contribution >= 4 is 114 Å². The van der Waals surface area contributed by atoms with Gasteiger partial charge in [0, 0.05) is 266 Å². The predicted octanol–water partition coefficient (Wildman–Crippen LogP) is 32.5. The van der Waals surface area contributed by atoms with Crippen LogP contribution in [0.1, 0.15) is 273 Å². The van der Waals surface area contributed by atoms with Crippen LogP contribution in [-0.2, 0) is 0 Å².